The number of aromatic nitrogens is 1. The number of fused-ring (bicyclic) bond motifs is 4. The van der Waals surface area contributed by atoms with Gasteiger partial charge in [0.05, 0.1) is 5.69 Å². The van der Waals surface area contributed by atoms with Crippen LogP contribution in [0.3, 0.4) is 0 Å². The van der Waals surface area contributed by atoms with Gasteiger partial charge in [0.25, 0.3) is 0 Å². The average molecular weight is 708 g/mol. The normalized spacial score (nSPS) is 20.6. The first kappa shape index (κ1) is 37.2. The molecule has 5 heteroatoms. The maximum Gasteiger partial charge on any atom is 0.122 e. The maximum absolute atomic E-state index is 5.30. The van der Waals surface area contributed by atoms with E-state index in [2.05, 4.69) is 117 Å². The van der Waals surface area contributed by atoms with Gasteiger partial charge in [0.15, 0.2) is 0 Å². The van der Waals surface area contributed by atoms with Crippen molar-refractivity contribution in [3.05, 3.63) is 44.1 Å². The van der Waals surface area contributed by atoms with Crippen LogP contribution in [0.25, 0.3) is 15.3 Å². The number of hydrogen-bond donors (Lipinski definition) is 0. The van der Waals surface area contributed by atoms with Crippen LogP contribution in [0.1, 0.15) is 172 Å². The zero-order valence-electron chi connectivity index (χ0n) is 31.8. The molecule has 0 amide bonds. The summed E-state index contributed by atoms with van der Waals surface area (Å²) in [6.45, 7) is 26.6. The maximum atomic E-state index is 5.30. The molecule has 0 bridgehead atoms. The fourth-order valence-electron chi connectivity index (χ4n) is 8.54. The van der Waals surface area contributed by atoms with Gasteiger partial charge in [0.1, 0.15) is 8.07 Å². The Morgan fingerprint density at radius 1 is 0.830 bits per heavy atom. The monoisotopic (exact) mass is 707 g/mol. The predicted molar refractivity (Wildman–Crippen MR) is 218 cm³/mol. The lowest BCUT2D eigenvalue weighted by Crippen LogP contribution is -2.57. The fourth-order valence-corrected chi connectivity index (χ4v) is 20.0. The Hall–Kier alpha value is -1.01. The molecule has 3 aromatic rings. The van der Waals surface area contributed by atoms with Crippen LogP contribution in [0.5, 0.6) is 0 Å². The van der Waals surface area contributed by atoms with E-state index in [0.29, 0.717) is 5.92 Å². The third kappa shape index (κ3) is 7.13. The van der Waals surface area contributed by atoms with Crippen LogP contribution in [-0.2, 0) is 11.8 Å². The number of aryl methyl sites for hydroxylation is 1. The topological polar surface area (TPSA) is 12.9 Å². The number of rotatable bonds is 16. The lowest BCUT2D eigenvalue weighted by molar-refractivity contribution is 0.469. The molecular formula is C42H65NS3Si. The van der Waals surface area contributed by atoms with Crippen molar-refractivity contribution in [1.82, 2.24) is 4.37 Å². The Kier molecular flexibility index (Phi) is 11.9. The largest absolute Gasteiger partial charge is 0.196 e. The second-order valence-electron chi connectivity index (χ2n) is 16.7. The molecule has 3 aromatic heterocycles. The van der Waals surface area contributed by atoms with Gasteiger partial charge in [-0.2, -0.15) is 4.37 Å². The van der Waals surface area contributed by atoms with Crippen LogP contribution in [0.15, 0.2) is 18.2 Å². The molecular weight excluding hydrogens is 643 g/mol. The molecule has 0 saturated heterocycles. The minimum absolute atomic E-state index is 0.183. The molecule has 0 fully saturated rings. The molecule has 2 aliphatic rings. The molecule has 3 atom stereocenters. The van der Waals surface area contributed by atoms with E-state index in [4.69, 9.17) is 4.37 Å². The lowest BCUT2D eigenvalue weighted by Gasteiger charge is -2.36. The van der Waals surface area contributed by atoms with Crippen molar-refractivity contribution in [3.63, 3.8) is 0 Å². The lowest BCUT2D eigenvalue weighted by atomic mass is 9.72. The SMILES string of the molecule is CCCCC(CC)C[Si]1(CC(CC)CCCC)c2cc(C3CC=C(C(C)(C)CC)c4c3nsc4CC)sc2-c2sc(C(C)(C)C)cc21. The van der Waals surface area contributed by atoms with Crippen molar-refractivity contribution in [2.45, 2.75) is 170 Å². The summed E-state index contributed by atoms with van der Waals surface area (Å²) in [7, 11) is -2.00. The van der Waals surface area contributed by atoms with Crippen LogP contribution >= 0.6 is 34.2 Å². The fraction of sp³-hybridized carbons (Fsp3) is 0.690. The van der Waals surface area contributed by atoms with E-state index in [1.165, 1.54) is 79.6 Å². The first-order valence-electron chi connectivity index (χ1n) is 19.4. The summed E-state index contributed by atoms with van der Waals surface area (Å²) in [4.78, 5) is 8.04. The van der Waals surface area contributed by atoms with Crippen LogP contribution in [0, 0.1) is 17.3 Å². The number of nitrogens with zero attached hydrogens (tertiary/aromatic N) is 1. The summed E-state index contributed by atoms with van der Waals surface area (Å²) in [5, 5.41) is 3.67. The second-order valence-corrected chi connectivity index (χ2v) is 23.7. The third-order valence-electron chi connectivity index (χ3n) is 12.0. The van der Waals surface area contributed by atoms with E-state index in [-0.39, 0.29) is 10.8 Å². The van der Waals surface area contributed by atoms with E-state index >= 15 is 0 Å². The molecule has 0 radical (unpaired) electrons. The molecule has 4 heterocycles. The van der Waals surface area contributed by atoms with Gasteiger partial charge in [-0.25, -0.2) is 0 Å². The van der Waals surface area contributed by atoms with Gasteiger partial charge in [0, 0.05) is 35.9 Å². The molecule has 0 aromatic carbocycles. The summed E-state index contributed by atoms with van der Waals surface area (Å²) in [5.74, 6) is 2.06. The van der Waals surface area contributed by atoms with Gasteiger partial charge in [-0.1, -0.05) is 134 Å². The molecule has 1 aliphatic carbocycles. The van der Waals surface area contributed by atoms with Crippen molar-refractivity contribution >= 4 is 58.2 Å². The molecule has 260 valence electrons. The summed E-state index contributed by atoms with van der Waals surface area (Å²) < 4.78 is 5.30. The second kappa shape index (κ2) is 15.1. The first-order valence-corrected chi connectivity index (χ1v) is 24.2. The molecule has 1 nitrogen and oxygen atoms in total. The Morgan fingerprint density at radius 3 is 1.96 bits per heavy atom. The highest BCUT2D eigenvalue weighted by molar-refractivity contribution is 7.29. The van der Waals surface area contributed by atoms with Crippen LogP contribution in [0.2, 0.25) is 12.1 Å². The van der Waals surface area contributed by atoms with Crippen molar-refractivity contribution in [3.8, 4) is 9.75 Å². The summed E-state index contributed by atoms with van der Waals surface area (Å²) >= 11 is 6.12. The van der Waals surface area contributed by atoms with Crippen LogP contribution in [-0.4, -0.2) is 12.4 Å². The van der Waals surface area contributed by atoms with Crippen molar-refractivity contribution in [2.24, 2.45) is 17.3 Å². The minimum atomic E-state index is -2.00. The van der Waals surface area contributed by atoms with E-state index in [9.17, 15) is 0 Å². The molecule has 47 heavy (non-hydrogen) atoms. The number of allylic oxidation sites excluding steroid dienone is 2. The Bertz CT molecular complexity index is 1510. The van der Waals surface area contributed by atoms with E-state index in [1.54, 1.807) is 36.6 Å². The molecule has 3 unspecified atom stereocenters. The standard InChI is InChI=1S/C42H65NS3Si/c1-12-18-20-28(14-3)26-47(27-29(15-4)21-19-13-2)34-24-33(44-39(34)40-35(47)25-36(45-40)41(7,8)9)30-22-23-31(42(10,11)17-6)37-32(16-5)46-43-38(30)37/h23-25,28-30H,12-22,26-27H2,1-11H3. The molecule has 5 rings (SSSR count). The molecule has 1 aliphatic heterocycles. The molecule has 0 spiro atoms. The Labute approximate surface area is 302 Å². The molecule has 0 saturated carbocycles. The highest BCUT2D eigenvalue weighted by Crippen LogP contribution is 2.53. The van der Waals surface area contributed by atoms with Gasteiger partial charge >= 0.3 is 0 Å². The van der Waals surface area contributed by atoms with Gasteiger partial charge in [-0.05, 0) is 93.6 Å². The highest BCUT2D eigenvalue weighted by atomic mass is 32.1. The smallest absolute Gasteiger partial charge is 0.122 e. The predicted octanol–water partition coefficient (Wildman–Crippen LogP) is 13.5. The minimum Gasteiger partial charge on any atom is -0.196 e. The van der Waals surface area contributed by atoms with Gasteiger partial charge in [-0.3, -0.25) is 0 Å². The van der Waals surface area contributed by atoms with Gasteiger partial charge in [0.2, 0.25) is 0 Å². The third-order valence-corrected chi connectivity index (χ3v) is 21.8. The van der Waals surface area contributed by atoms with Gasteiger partial charge in [-0.15, -0.1) is 22.7 Å². The Balaban J connectivity index is 1.69. The summed E-state index contributed by atoms with van der Waals surface area (Å²) in [6.07, 6.45) is 16.8. The number of thiophene rings is 2. The molecule has 0 N–H and O–H groups in total. The zero-order valence-corrected chi connectivity index (χ0v) is 35.3. The zero-order chi connectivity index (χ0) is 34.1. The highest BCUT2D eigenvalue weighted by Gasteiger charge is 2.51. The van der Waals surface area contributed by atoms with E-state index < -0.39 is 8.07 Å². The van der Waals surface area contributed by atoms with Crippen molar-refractivity contribution in [1.29, 1.82) is 0 Å². The average Bonchev–Trinajstić information content (AvgIpc) is 3.83. The van der Waals surface area contributed by atoms with Crippen molar-refractivity contribution < 1.29 is 0 Å². The number of hydrogen-bond acceptors (Lipinski definition) is 4. The van der Waals surface area contributed by atoms with Crippen LogP contribution in [0.4, 0.5) is 0 Å². The first-order chi connectivity index (χ1) is 22.4. The Morgan fingerprint density at radius 2 is 1.43 bits per heavy atom. The quantitative estimate of drug-likeness (QED) is 0.135. The van der Waals surface area contributed by atoms with E-state index in [0.717, 1.165) is 31.1 Å². The van der Waals surface area contributed by atoms with Crippen molar-refractivity contribution in [2.75, 3.05) is 0 Å². The summed E-state index contributed by atoms with van der Waals surface area (Å²) in [6, 6.07) is 8.46. The van der Waals surface area contributed by atoms with Gasteiger partial charge < -0.3 is 0 Å². The van der Waals surface area contributed by atoms with Crippen LogP contribution < -0.4 is 10.4 Å². The summed E-state index contributed by atoms with van der Waals surface area (Å²) in [5.41, 5.74) is 4.84. The van der Waals surface area contributed by atoms with E-state index in [1.807, 2.05) is 10.4 Å². The number of unbranched alkanes of at least 4 members (excludes halogenated alkanes) is 2.